The number of halogens is 2. The van der Waals surface area contributed by atoms with Crippen molar-refractivity contribution in [2.75, 3.05) is 0 Å². The summed E-state index contributed by atoms with van der Waals surface area (Å²) >= 11 is 11.8. The van der Waals surface area contributed by atoms with E-state index >= 15 is 0 Å². The highest BCUT2D eigenvalue weighted by molar-refractivity contribution is 6.36. The lowest BCUT2D eigenvalue weighted by Crippen LogP contribution is -2.08. The van der Waals surface area contributed by atoms with Gasteiger partial charge in [-0.25, -0.2) is 9.97 Å². The summed E-state index contributed by atoms with van der Waals surface area (Å²) in [5.41, 5.74) is 0.850. The fourth-order valence-electron chi connectivity index (χ4n) is 1.67. The van der Waals surface area contributed by atoms with Crippen LogP contribution in [0, 0.1) is 11.3 Å². The summed E-state index contributed by atoms with van der Waals surface area (Å²) in [7, 11) is 0. The fourth-order valence-corrected chi connectivity index (χ4v) is 2.13. The first-order chi connectivity index (χ1) is 8.62. The van der Waals surface area contributed by atoms with E-state index in [-0.39, 0.29) is 21.8 Å². The molecule has 0 aromatic carbocycles. The number of hydrogen-bond donors (Lipinski definition) is 1. The zero-order chi connectivity index (χ0) is 13.3. The molecule has 0 fully saturated rings. The monoisotopic (exact) mass is 283 g/mol. The first-order valence-electron chi connectivity index (χ1n) is 4.97. The summed E-state index contributed by atoms with van der Waals surface area (Å²) in [6.07, 6.45) is 0. The minimum atomic E-state index is -0.194. The highest BCUT2D eigenvalue weighted by atomic mass is 35.5. The molecular formula is C10H7Cl2N5O. The molecule has 0 saturated heterocycles. The molecule has 2 aromatic heterocycles. The molecule has 8 heteroatoms. The molecular weight excluding hydrogens is 277 g/mol. The summed E-state index contributed by atoms with van der Waals surface area (Å²) in [6, 6.07) is 3.35. The van der Waals surface area contributed by atoms with Crippen LogP contribution in [0.4, 0.5) is 0 Å². The van der Waals surface area contributed by atoms with Crippen molar-refractivity contribution in [3.8, 4) is 6.07 Å². The van der Waals surface area contributed by atoms with Gasteiger partial charge in [-0.2, -0.15) is 5.26 Å². The van der Waals surface area contributed by atoms with Gasteiger partial charge in [0, 0.05) is 12.6 Å². The molecule has 0 unspecified atom stereocenters. The van der Waals surface area contributed by atoms with E-state index in [1.54, 1.807) is 16.7 Å². The Morgan fingerprint density at radius 3 is 2.83 bits per heavy atom. The minimum Gasteiger partial charge on any atom is -0.410 e. The predicted octanol–water partition coefficient (Wildman–Crippen LogP) is 2.46. The summed E-state index contributed by atoms with van der Waals surface area (Å²) < 4.78 is 1.67. The molecule has 0 atom stereocenters. The topological polar surface area (TPSA) is 87.1 Å². The molecule has 6 nitrogen and oxygen atoms in total. The average molecular weight is 284 g/mol. The summed E-state index contributed by atoms with van der Waals surface area (Å²) in [4.78, 5) is 8.03. The Bertz CT molecular complexity index is 686. The molecule has 2 heterocycles. The van der Waals surface area contributed by atoms with Crippen LogP contribution in [-0.2, 0) is 6.54 Å². The van der Waals surface area contributed by atoms with E-state index in [4.69, 9.17) is 33.7 Å². The molecule has 0 radical (unpaired) electrons. The van der Waals surface area contributed by atoms with E-state index in [0.717, 1.165) is 0 Å². The van der Waals surface area contributed by atoms with Crippen LogP contribution in [0.5, 0.6) is 0 Å². The number of nitriles is 1. The maximum atomic E-state index is 8.88. The van der Waals surface area contributed by atoms with Crippen molar-refractivity contribution in [1.29, 1.82) is 5.26 Å². The lowest BCUT2D eigenvalue weighted by Gasteiger charge is -2.03. The normalized spacial score (nSPS) is 11.8. The second-order valence-corrected chi connectivity index (χ2v) is 4.09. The predicted molar refractivity (Wildman–Crippen MR) is 67.2 cm³/mol. The lowest BCUT2D eigenvalue weighted by molar-refractivity contribution is 0.319. The molecule has 18 heavy (non-hydrogen) atoms. The number of fused-ring (bicyclic) bond motifs is 1. The second-order valence-electron chi connectivity index (χ2n) is 3.34. The van der Waals surface area contributed by atoms with Gasteiger partial charge in [0.05, 0.1) is 5.52 Å². The Morgan fingerprint density at radius 1 is 1.56 bits per heavy atom. The van der Waals surface area contributed by atoms with Crippen LogP contribution in [0.1, 0.15) is 12.7 Å². The number of oxime groups is 1. The van der Waals surface area contributed by atoms with Crippen molar-refractivity contribution >= 4 is 39.9 Å². The largest absolute Gasteiger partial charge is 0.410 e. The van der Waals surface area contributed by atoms with Crippen LogP contribution in [0.2, 0.25) is 10.3 Å². The Labute approximate surface area is 112 Å². The van der Waals surface area contributed by atoms with Crippen LogP contribution >= 0.6 is 23.2 Å². The number of aromatic nitrogens is 3. The SMILES string of the molecule is CCn1c(/C(C#N)=N/O)nc2c(Cl)nc(Cl)cc21. The van der Waals surface area contributed by atoms with Crippen molar-refractivity contribution in [2.45, 2.75) is 13.5 Å². The van der Waals surface area contributed by atoms with E-state index in [0.29, 0.717) is 17.6 Å². The Hall–Kier alpha value is -1.84. The number of pyridine rings is 1. The van der Waals surface area contributed by atoms with Gasteiger partial charge < -0.3 is 9.77 Å². The standard InChI is InChI=1S/C10H7Cl2N5O/c1-2-17-6-3-7(11)14-9(12)8(6)15-10(17)5(4-13)16-18/h3,18H,2H2,1H3/b16-5+. The van der Waals surface area contributed by atoms with E-state index in [2.05, 4.69) is 15.1 Å². The molecule has 0 amide bonds. The van der Waals surface area contributed by atoms with Crippen molar-refractivity contribution in [2.24, 2.45) is 5.16 Å². The maximum absolute atomic E-state index is 8.88. The van der Waals surface area contributed by atoms with E-state index < -0.39 is 0 Å². The summed E-state index contributed by atoms with van der Waals surface area (Å²) in [5, 5.41) is 20.9. The third kappa shape index (κ3) is 1.88. The van der Waals surface area contributed by atoms with Crippen LogP contribution < -0.4 is 0 Å². The molecule has 0 saturated carbocycles. The quantitative estimate of drug-likeness (QED) is 0.397. The Morgan fingerprint density at radius 2 is 2.28 bits per heavy atom. The molecule has 0 spiro atoms. The smallest absolute Gasteiger partial charge is 0.222 e. The third-order valence-corrected chi connectivity index (χ3v) is 2.85. The maximum Gasteiger partial charge on any atom is 0.222 e. The third-order valence-electron chi connectivity index (χ3n) is 2.40. The molecule has 2 rings (SSSR count). The molecule has 0 bridgehead atoms. The van der Waals surface area contributed by atoms with Crippen LogP contribution in [0.25, 0.3) is 11.0 Å². The van der Waals surface area contributed by atoms with Gasteiger partial charge in [-0.15, -0.1) is 0 Å². The highest BCUT2D eigenvalue weighted by Crippen LogP contribution is 2.25. The number of aryl methyl sites for hydroxylation is 1. The zero-order valence-corrected chi connectivity index (χ0v) is 10.7. The Kier molecular flexibility index (Phi) is 3.36. The number of hydrogen-bond acceptors (Lipinski definition) is 5. The second kappa shape index (κ2) is 4.80. The van der Waals surface area contributed by atoms with Gasteiger partial charge >= 0.3 is 0 Å². The number of imidazole rings is 1. The molecule has 0 aliphatic heterocycles. The zero-order valence-electron chi connectivity index (χ0n) is 9.22. The molecule has 2 aromatic rings. The molecule has 1 N–H and O–H groups in total. The van der Waals surface area contributed by atoms with Gasteiger partial charge in [0.15, 0.2) is 11.0 Å². The molecule has 92 valence electrons. The number of rotatable bonds is 2. The first-order valence-corrected chi connectivity index (χ1v) is 5.72. The van der Waals surface area contributed by atoms with E-state index in [9.17, 15) is 0 Å². The van der Waals surface area contributed by atoms with Gasteiger partial charge in [0.25, 0.3) is 0 Å². The summed E-state index contributed by atoms with van der Waals surface area (Å²) in [6.45, 7) is 2.38. The van der Waals surface area contributed by atoms with Gasteiger partial charge in [-0.3, -0.25) is 0 Å². The molecule has 0 aliphatic carbocycles. The van der Waals surface area contributed by atoms with Gasteiger partial charge in [-0.05, 0) is 6.92 Å². The average Bonchev–Trinajstić information content (AvgIpc) is 2.69. The van der Waals surface area contributed by atoms with Crippen LogP contribution in [0.15, 0.2) is 11.2 Å². The van der Waals surface area contributed by atoms with E-state index in [1.165, 1.54) is 0 Å². The molecule has 0 aliphatic rings. The summed E-state index contributed by atoms with van der Waals surface area (Å²) in [5.74, 6) is 0.225. The van der Waals surface area contributed by atoms with Crippen molar-refractivity contribution in [3.05, 3.63) is 22.2 Å². The van der Waals surface area contributed by atoms with E-state index in [1.807, 2.05) is 6.92 Å². The first kappa shape index (κ1) is 12.6. The number of nitrogens with zero attached hydrogens (tertiary/aromatic N) is 5. The van der Waals surface area contributed by atoms with Crippen molar-refractivity contribution < 1.29 is 5.21 Å². The van der Waals surface area contributed by atoms with Gasteiger partial charge in [0.1, 0.15) is 16.7 Å². The van der Waals surface area contributed by atoms with Crippen LogP contribution in [-0.4, -0.2) is 25.5 Å². The van der Waals surface area contributed by atoms with Gasteiger partial charge in [0.2, 0.25) is 5.71 Å². The minimum absolute atomic E-state index is 0.140. The van der Waals surface area contributed by atoms with Crippen LogP contribution in [0.3, 0.4) is 0 Å². The highest BCUT2D eigenvalue weighted by Gasteiger charge is 2.18. The van der Waals surface area contributed by atoms with Crippen molar-refractivity contribution in [3.63, 3.8) is 0 Å². The Balaban J connectivity index is 2.85. The van der Waals surface area contributed by atoms with Crippen molar-refractivity contribution in [1.82, 2.24) is 14.5 Å². The van der Waals surface area contributed by atoms with Gasteiger partial charge in [-0.1, -0.05) is 28.4 Å². The fraction of sp³-hybridized carbons (Fsp3) is 0.200. The lowest BCUT2D eigenvalue weighted by atomic mass is 10.4.